The number of rotatable bonds is 6. The van der Waals surface area contributed by atoms with Gasteiger partial charge < -0.3 is 14.8 Å². The van der Waals surface area contributed by atoms with E-state index in [-0.39, 0.29) is 13.2 Å². The van der Waals surface area contributed by atoms with Crippen LogP contribution in [-0.2, 0) is 27.5 Å². The Morgan fingerprint density at radius 1 is 0.806 bits per heavy atom. The third-order valence-corrected chi connectivity index (χ3v) is 9.11. The summed E-state index contributed by atoms with van der Waals surface area (Å²) in [5.74, 6) is -0.504. The largest absolute Gasteiger partial charge is 0.458 e. The van der Waals surface area contributed by atoms with Gasteiger partial charge in [-0.2, -0.15) is 0 Å². The molecule has 0 aliphatic heterocycles. The molecule has 5 nitrogen and oxygen atoms in total. The number of carbonyl (C=O) groups excluding carboxylic acids is 2. The molecule has 0 unspecified atom stereocenters. The van der Waals surface area contributed by atoms with Crippen LogP contribution in [0.1, 0.15) is 17.4 Å². The van der Waals surface area contributed by atoms with Crippen LogP contribution in [0.15, 0.2) is 72.1 Å². The second-order valence-electron chi connectivity index (χ2n) is 8.47. The summed E-state index contributed by atoms with van der Waals surface area (Å²) in [5, 5.41) is 9.71. The topological polar surface area (TPSA) is 64.6 Å². The second kappa shape index (κ2) is 9.54. The van der Waals surface area contributed by atoms with Crippen LogP contribution in [0.5, 0.6) is 0 Å². The summed E-state index contributed by atoms with van der Waals surface area (Å²) >= 11 is 5.18. The lowest BCUT2D eigenvalue weighted by Crippen LogP contribution is -2.39. The molecule has 1 N–H and O–H groups in total. The average Bonchev–Trinajstić information content (AvgIpc) is 3.61. The molecule has 0 fully saturated rings. The molecular formula is C28H21NO4S3. The van der Waals surface area contributed by atoms with Crippen molar-refractivity contribution in [1.82, 2.24) is 5.32 Å². The van der Waals surface area contributed by atoms with Gasteiger partial charge in [0.15, 0.2) is 0 Å². The van der Waals surface area contributed by atoms with E-state index in [4.69, 9.17) is 9.47 Å². The smallest absolute Gasteiger partial charge is 0.408 e. The fourth-order valence-corrected chi connectivity index (χ4v) is 7.23. The number of hydrogen-bond acceptors (Lipinski definition) is 7. The van der Waals surface area contributed by atoms with E-state index in [1.54, 1.807) is 40.9 Å². The molecule has 1 atom stereocenters. The molecule has 0 saturated carbocycles. The van der Waals surface area contributed by atoms with Crippen molar-refractivity contribution in [2.75, 3.05) is 0 Å². The number of hydrogen-bond donors (Lipinski definition) is 1. The van der Waals surface area contributed by atoms with Crippen molar-refractivity contribution in [1.29, 1.82) is 0 Å². The van der Waals surface area contributed by atoms with Gasteiger partial charge in [0.05, 0.1) is 0 Å². The number of thiophene rings is 3. The normalized spacial score (nSPS) is 12.4. The molecule has 6 rings (SSSR count). The minimum atomic E-state index is -0.818. The lowest BCUT2D eigenvalue weighted by molar-refractivity contribution is -0.146. The lowest BCUT2D eigenvalue weighted by atomic mass is 10.1. The van der Waals surface area contributed by atoms with Crippen molar-refractivity contribution in [2.24, 2.45) is 0 Å². The van der Waals surface area contributed by atoms with E-state index < -0.39 is 18.1 Å². The van der Waals surface area contributed by atoms with Gasteiger partial charge in [0.2, 0.25) is 0 Å². The number of alkyl carbamates (subject to hydrolysis) is 1. The van der Waals surface area contributed by atoms with E-state index in [0.717, 1.165) is 15.1 Å². The third kappa shape index (κ3) is 4.32. The zero-order valence-corrected chi connectivity index (χ0v) is 21.7. The summed E-state index contributed by atoms with van der Waals surface area (Å²) in [7, 11) is 0. The molecule has 0 aliphatic rings. The van der Waals surface area contributed by atoms with E-state index >= 15 is 0 Å². The Morgan fingerprint density at radius 3 is 2.33 bits per heavy atom. The lowest BCUT2D eigenvalue weighted by Gasteiger charge is -2.13. The highest BCUT2D eigenvalue weighted by atomic mass is 32.1. The third-order valence-electron chi connectivity index (χ3n) is 6.04. The number of esters is 1. The molecule has 3 aromatic heterocycles. The maximum Gasteiger partial charge on any atom is 0.408 e. The van der Waals surface area contributed by atoms with Crippen LogP contribution in [0.4, 0.5) is 4.79 Å². The molecule has 6 aromatic rings. The van der Waals surface area contributed by atoms with Gasteiger partial charge in [0, 0.05) is 45.2 Å². The highest BCUT2D eigenvalue weighted by Gasteiger charge is 2.19. The number of amides is 1. The molecular weight excluding hydrogens is 511 g/mol. The molecule has 0 aliphatic carbocycles. The number of carbonyl (C=O) groups is 2. The standard InChI is InChI=1S/C28H21NO4S3/c1-16(29-28(31)33-14-17-5-3-2-4-6-17)27(30)32-15-18-13-20-22(35-18)8-10-24-26(20)25-19-11-12-34-21(19)7-9-23(25)36-24/h2-13,16H,14-15H2,1H3,(H,29,31)/t16-/m0/s1. The summed E-state index contributed by atoms with van der Waals surface area (Å²) < 4.78 is 15.7. The fraction of sp³-hybridized carbons (Fsp3) is 0.143. The zero-order valence-electron chi connectivity index (χ0n) is 19.3. The van der Waals surface area contributed by atoms with Gasteiger partial charge in [-0.25, -0.2) is 9.59 Å². The molecule has 180 valence electrons. The molecule has 0 spiro atoms. The molecule has 0 radical (unpaired) electrons. The first-order chi connectivity index (χ1) is 17.6. The molecule has 0 saturated heterocycles. The molecule has 0 bridgehead atoms. The summed E-state index contributed by atoms with van der Waals surface area (Å²) in [6.45, 7) is 1.88. The van der Waals surface area contributed by atoms with Crippen LogP contribution < -0.4 is 5.32 Å². The summed E-state index contributed by atoms with van der Waals surface area (Å²) in [6.07, 6.45) is -0.656. The second-order valence-corrected chi connectivity index (χ2v) is 11.7. The Hall–Kier alpha value is -3.46. The van der Waals surface area contributed by atoms with Crippen molar-refractivity contribution >= 4 is 86.4 Å². The predicted molar refractivity (Wildman–Crippen MR) is 149 cm³/mol. The van der Waals surface area contributed by atoms with Crippen molar-refractivity contribution in [2.45, 2.75) is 26.2 Å². The number of ether oxygens (including phenoxy) is 2. The van der Waals surface area contributed by atoms with Gasteiger partial charge in [-0.05, 0) is 54.3 Å². The van der Waals surface area contributed by atoms with E-state index in [2.05, 4.69) is 47.1 Å². The van der Waals surface area contributed by atoms with Crippen molar-refractivity contribution in [3.63, 3.8) is 0 Å². The number of benzene rings is 3. The average molecular weight is 532 g/mol. The van der Waals surface area contributed by atoms with Crippen LogP contribution in [0.3, 0.4) is 0 Å². The Balaban J connectivity index is 1.16. The molecule has 3 aromatic carbocycles. The highest BCUT2D eigenvalue weighted by molar-refractivity contribution is 7.27. The van der Waals surface area contributed by atoms with Gasteiger partial charge in [0.25, 0.3) is 0 Å². The fourth-order valence-electron chi connectivity index (χ4n) is 4.31. The zero-order chi connectivity index (χ0) is 24.6. The van der Waals surface area contributed by atoms with Crippen LogP contribution in [-0.4, -0.2) is 18.1 Å². The maximum absolute atomic E-state index is 12.5. The van der Waals surface area contributed by atoms with E-state index in [1.165, 1.54) is 35.6 Å². The van der Waals surface area contributed by atoms with Gasteiger partial charge in [-0.1, -0.05) is 30.3 Å². The van der Waals surface area contributed by atoms with Crippen molar-refractivity contribution in [3.05, 3.63) is 82.6 Å². The summed E-state index contributed by atoms with van der Waals surface area (Å²) in [4.78, 5) is 25.5. The number of nitrogens with one attached hydrogen (secondary N) is 1. The molecule has 36 heavy (non-hydrogen) atoms. The maximum atomic E-state index is 12.5. The number of fused-ring (bicyclic) bond motifs is 7. The van der Waals surface area contributed by atoms with Crippen LogP contribution in [0, 0.1) is 0 Å². The highest BCUT2D eigenvalue weighted by Crippen LogP contribution is 2.44. The van der Waals surface area contributed by atoms with Gasteiger partial charge >= 0.3 is 12.1 Å². The van der Waals surface area contributed by atoms with Crippen LogP contribution in [0.25, 0.3) is 40.3 Å². The molecule has 3 heterocycles. The van der Waals surface area contributed by atoms with Crippen molar-refractivity contribution in [3.8, 4) is 0 Å². The minimum absolute atomic E-state index is 0.139. The monoisotopic (exact) mass is 531 g/mol. The minimum Gasteiger partial charge on any atom is -0.458 e. The van der Waals surface area contributed by atoms with E-state index in [9.17, 15) is 9.59 Å². The Bertz CT molecular complexity index is 1730. The van der Waals surface area contributed by atoms with Crippen molar-refractivity contribution < 1.29 is 19.1 Å². The van der Waals surface area contributed by atoms with Gasteiger partial charge in [0.1, 0.15) is 19.3 Å². The van der Waals surface area contributed by atoms with Gasteiger partial charge in [-0.3, -0.25) is 0 Å². The predicted octanol–water partition coefficient (Wildman–Crippen LogP) is 7.84. The molecule has 1 amide bonds. The quantitative estimate of drug-likeness (QED) is 0.222. The Labute approximate surface area is 218 Å². The van der Waals surface area contributed by atoms with Crippen LogP contribution in [0.2, 0.25) is 0 Å². The Morgan fingerprint density at radius 2 is 1.53 bits per heavy atom. The first-order valence-corrected chi connectivity index (χ1v) is 14.0. The van der Waals surface area contributed by atoms with Gasteiger partial charge in [-0.15, -0.1) is 34.0 Å². The first-order valence-electron chi connectivity index (χ1n) is 11.4. The summed E-state index contributed by atoms with van der Waals surface area (Å²) in [6, 6.07) is 21.6. The first kappa shape index (κ1) is 23.0. The molecule has 8 heteroatoms. The summed E-state index contributed by atoms with van der Waals surface area (Å²) in [5.41, 5.74) is 0.875. The SMILES string of the molecule is C[C@H](NC(=O)OCc1ccccc1)C(=O)OCc1cc2c(ccc3sc4ccc5sccc5c4c32)s1. The van der Waals surface area contributed by atoms with E-state index in [1.807, 2.05) is 30.3 Å². The van der Waals surface area contributed by atoms with Crippen LogP contribution >= 0.6 is 34.0 Å². The van der Waals surface area contributed by atoms with E-state index in [0.29, 0.717) is 0 Å². The Kier molecular flexibility index (Phi) is 6.08.